The molecule has 0 saturated carbocycles. The van der Waals surface area contributed by atoms with Crippen LogP contribution in [0.4, 0.5) is 0 Å². The van der Waals surface area contributed by atoms with E-state index in [1.54, 1.807) is 18.6 Å². The Hall–Kier alpha value is -1.49. The van der Waals surface area contributed by atoms with Gasteiger partial charge in [0.1, 0.15) is 5.69 Å². The summed E-state index contributed by atoms with van der Waals surface area (Å²) in [7, 11) is 0. The maximum absolute atomic E-state index is 12.2. The van der Waals surface area contributed by atoms with Crippen LogP contribution in [0.3, 0.4) is 0 Å². The molecule has 5 nitrogen and oxygen atoms in total. The first kappa shape index (κ1) is 10.7. The van der Waals surface area contributed by atoms with Crippen LogP contribution < -0.4 is 5.32 Å². The van der Waals surface area contributed by atoms with Crippen molar-refractivity contribution >= 4 is 5.91 Å². The van der Waals surface area contributed by atoms with E-state index in [9.17, 15) is 4.79 Å². The Balaban J connectivity index is 1.71. The fourth-order valence-electron chi connectivity index (χ4n) is 2.79. The Morgan fingerprint density at radius 1 is 1.35 bits per heavy atom. The molecule has 0 aliphatic carbocycles. The van der Waals surface area contributed by atoms with Crippen molar-refractivity contribution in [1.82, 2.24) is 20.2 Å². The molecule has 2 aliphatic rings. The van der Waals surface area contributed by atoms with E-state index in [0.717, 1.165) is 38.5 Å². The summed E-state index contributed by atoms with van der Waals surface area (Å²) in [5.74, 6) is 1.38. The molecule has 0 unspecified atom stereocenters. The number of amides is 1. The quantitative estimate of drug-likeness (QED) is 0.749. The third-order valence-corrected chi connectivity index (χ3v) is 3.77. The van der Waals surface area contributed by atoms with Gasteiger partial charge in [-0.15, -0.1) is 0 Å². The molecule has 0 spiro atoms. The van der Waals surface area contributed by atoms with E-state index < -0.39 is 0 Å². The SMILES string of the molecule is O=C(c1cnccn1)N1CC[C@@H]2CNC[C@H]2C1. The number of hydrogen-bond donors (Lipinski definition) is 1. The molecule has 5 heteroatoms. The van der Waals surface area contributed by atoms with Gasteiger partial charge in [0.2, 0.25) is 0 Å². The lowest BCUT2D eigenvalue weighted by atomic mass is 9.88. The average Bonchev–Trinajstić information content (AvgIpc) is 2.86. The number of carbonyl (C=O) groups excluding carboxylic acids is 1. The van der Waals surface area contributed by atoms with Gasteiger partial charge in [-0.25, -0.2) is 4.98 Å². The van der Waals surface area contributed by atoms with Crippen molar-refractivity contribution in [3.63, 3.8) is 0 Å². The summed E-state index contributed by atoms with van der Waals surface area (Å²) in [5, 5.41) is 3.40. The normalized spacial score (nSPS) is 27.9. The van der Waals surface area contributed by atoms with Gasteiger partial charge >= 0.3 is 0 Å². The highest BCUT2D eigenvalue weighted by atomic mass is 16.2. The van der Waals surface area contributed by atoms with Gasteiger partial charge in [-0.3, -0.25) is 9.78 Å². The lowest BCUT2D eigenvalue weighted by Gasteiger charge is -2.34. The van der Waals surface area contributed by atoms with E-state index in [1.807, 2.05) is 4.90 Å². The van der Waals surface area contributed by atoms with Crippen molar-refractivity contribution in [3.8, 4) is 0 Å². The van der Waals surface area contributed by atoms with Crippen LogP contribution in [0.25, 0.3) is 0 Å². The lowest BCUT2D eigenvalue weighted by molar-refractivity contribution is 0.0636. The Morgan fingerprint density at radius 2 is 2.24 bits per heavy atom. The van der Waals surface area contributed by atoms with Crippen molar-refractivity contribution in [1.29, 1.82) is 0 Å². The largest absolute Gasteiger partial charge is 0.337 e. The summed E-state index contributed by atoms with van der Waals surface area (Å²) in [5.41, 5.74) is 0.455. The molecule has 0 bridgehead atoms. The maximum Gasteiger partial charge on any atom is 0.274 e. The zero-order valence-corrected chi connectivity index (χ0v) is 9.67. The maximum atomic E-state index is 12.2. The number of carbonyl (C=O) groups is 1. The highest BCUT2D eigenvalue weighted by molar-refractivity contribution is 5.92. The molecule has 90 valence electrons. The molecule has 1 amide bonds. The molecule has 1 aromatic rings. The number of hydrogen-bond acceptors (Lipinski definition) is 4. The molecule has 0 radical (unpaired) electrons. The summed E-state index contributed by atoms with van der Waals surface area (Å²) < 4.78 is 0. The zero-order chi connectivity index (χ0) is 11.7. The van der Waals surface area contributed by atoms with Gasteiger partial charge in [0.15, 0.2) is 0 Å². The Bertz CT molecular complexity index is 408. The standard InChI is InChI=1S/C12H16N4O/c17-12(11-7-13-2-3-15-11)16-4-1-9-5-14-6-10(9)8-16/h2-3,7,9-10,14H,1,4-6,8H2/t9-,10+/m1/s1. The third-order valence-electron chi connectivity index (χ3n) is 3.77. The van der Waals surface area contributed by atoms with Crippen LogP contribution in [-0.2, 0) is 0 Å². The van der Waals surface area contributed by atoms with Gasteiger partial charge in [0, 0.05) is 25.5 Å². The van der Waals surface area contributed by atoms with E-state index in [2.05, 4.69) is 15.3 Å². The Kier molecular flexibility index (Phi) is 2.76. The minimum atomic E-state index is 0.0171. The van der Waals surface area contributed by atoms with Crippen molar-refractivity contribution < 1.29 is 4.79 Å². The van der Waals surface area contributed by atoms with Crippen LogP contribution in [0.1, 0.15) is 16.9 Å². The predicted molar refractivity (Wildman–Crippen MR) is 62.4 cm³/mol. The second-order valence-corrected chi connectivity index (χ2v) is 4.81. The molecule has 3 rings (SSSR count). The van der Waals surface area contributed by atoms with Gasteiger partial charge in [-0.1, -0.05) is 0 Å². The molecule has 2 aliphatic heterocycles. The third kappa shape index (κ3) is 2.02. The molecule has 1 N–H and O–H groups in total. The molecule has 3 heterocycles. The predicted octanol–water partition coefficient (Wildman–Crippen LogP) is 0.158. The van der Waals surface area contributed by atoms with Crippen LogP contribution in [0, 0.1) is 11.8 Å². The van der Waals surface area contributed by atoms with Crippen LogP contribution in [0.15, 0.2) is 18.6 Å². The summed E-state index contributed by atoms with van der Waals surface area (Å²) in [6.07, 6.45) is 5.80. The Labute approximate surface area is 100 Å². The van der Waals surface area contributed by atoms with E-state index in [4.69, 9.17) is 0 Å². The number of piperidine rings is 1. The van der Waals surface area contributed by atoms with E-state index in [0.29, 0.717) is 11.6 Å². The average molecular weight is 232 g/mol. The molecule has 0 aromatic carbocycles. The summed E-state index contributed by atoms with van der Waals surface area (Å²) >= 11 is 0. The van der Waals surface area contributed by atoms with Crippen LogP contribution in [0.2, 0.25) is 0 Å². The monoisotopic (exact) mass is 232 g/mol. The minimum absolute atomic E-state index is 0.0171. The second-order valence-electron chi connectivity index (χ2n) is 4.81. The number of nitrogens with one attached hydrogen (secondary N) is 1. The highest BCUT2D eigenvalue weighted by Gasteiger charge is 2.34. The zero-order valence-electron chi connectivity index (χ0n) is 9.67. The summed E-state index contributed by atoms with van der Waals surface area (Å²) in [6.45, 7) is 3.85. The number of fused-ring (bicyclic) bond motifs is 1. The molecule has 2 fully saturated rings. The topological polar surface area (TPSA) is 58.1 Å². The summed E-state index contributed by atoms with van der Waals surface area (Å²) in [4.78, 5) is 22.1. The van der Waals surface area contributed by atoms with Crippen molar-refractivity contribution in [2.45, 2.75) is 6.42 Å². The fourth-order valence-corrected chi connectivity index (χ4v) is 2.79. The molecule has 17 heavy (non-hydrogen) atoms. The Morgan fingerprint density at radius 3 is 3.06 bits per heavy atom. The second kappa shape index (κ2) is 4.41. The van der Waals surface area contributed by atoms with Crippen molar-refractivity contribution in [2.24, 2.45) is 11.8 Å². The number of aromatic nitrogens is 2. The van der Waals surface area contributed by atoms with Gasteiger partial charge in [-0.05, 0) is 31.3 Å². The molecular formula is C12H16N4O. The van der Waals surface area contributed by atoms with Gasteiger partial charge < -0.3 is 10.2 Å². The molecule has 2 saturated heterocycles. The number of rotatable bonds is 1. The van der Waals surface area contributed by atoms with Crippen molar-refractivity contribution in [2.75, 3.05) is 26.2 Å². The van der Waals surface area contributed by atoms with Gasteiger partial charge in [-0.2, -0.15) is 0 Å². The van der Waals surface area contributed by atoms with Gasteiger partial charge in [0.25, 0.3) is 5.91 Å². The van der Waals surface area contributed by atoms with E-state index >= 15 is 0 Å². The van der Waals surface area contributed by atoms with Crippen LogP contribution >= 0.6 is 0 Å². The number of likely N-dealkylation sites (tertiary alicyclic amines) is 1. The smallest absolute Gasteiger partial charge is 0.274 e. The molecular weight excluding hydrogens is 216 g/mol. The highest BCUT2D eigenvalue weighted by Crippen LogP contribution is 2.26. The summed E-state index contributed by atoms with van der Waals surface area (Å²) in [6, 6.07) is 0. The van der Waals surface area contributed by atoms with E-state index in [1.165, 1.54) is 0 Å². The molecule has 2 atom stereocenters. The lowest BCUT2D eigenvalue weighted by Crippen LogP contribution is -2.43. The van der Waals surface area contributed by atoms with E-state index in [-0.39, 0.29) is 5.91 Å². The van der Waals surface area contributed by atoms with Crippen molar-refractivity contribution in [3.05, 3.63) is 24.3 Å². The van der Waals surface area contributed by atoms with Crippen LogP contribution in [-0.4, -0.2) is 47.0 Å². The molecule has 1 aromatic heterocycles. The number of nitrogens with zero attached hydrogens (tertiary/aromatic N) is 3. The first-order valence-electron chi connectivity index (χ1n) is 6.10. The minimum Gasteiger partial charge on any atom is -0.337 e. The first-order valence-corrected chi connectivity index (χ1v) is 6.10. The first-order chi connectivity index (χ1) is 8.34. The van der Waals surface area contributed by atoms with Gasteiger partial charge in [0.05, 0.1) is 6.20 Å². The fraction of sp³-hybridized carbons (Fsp3) is 0.583. The van der Waals surface area contributed by atoms with Crippen LogP contribution in [0.5, 0.6) is 0 Å².